The summed E-state index contributed by atoms with van der Waals surface area (Å²) in [6.07, 6.45) is 2.98. The fraction of sp³-hybridized carbons (Fsp3) is 0.250. The Morgan fingerprint density at radius 3 is 2.67 bits per heavy atom. The van der Waals surface area contributed by atoms with Gasteiger partial charge in [0.25, 0.3) is 0 Å². The van der Waals surface area contributed by atoms with E-state index in [1.165, 1.54) is 12.4 Å². The van der Waals surface area contributed by atoms with E-state index in [1.807, 2.05) is 0 Å². The second-order valence-electron chi connectivity index (χ2n) is 4.28. The topological polar surface area (TPSA) is 86.9 Å². The molecule has 0 aliphatic rings. The number of benzene rings is 1. The smallest absolute Gasteiger partial charge is 0.244 e. The van der Waals surface area contributed by atoms with Gasteiger partial charge < -0.3 is 10.3 Å². The number of hydrogen-bond donors (Lipinski definition) is 3. The van der Waals surface area contributed by atoms with Gasteiger partial charge in [0.15, 0.2) is 11.6 Å². The predicted molar refractivity (Wildman–Crippen MR) is 71.7 cm³/mol. The maximum atomic E-state index is 13.7. The molecule has 0 amide bonds. The SMILES string of the molecule is CNCc1cc(F)c(F)c(S(=O)(=O)NCc2ncc[nH]2)c1. The van der Waals surface area contributed by atoms with E-state index in [0.717, 1.165) is 12.1 Å². The van der Waals surface area contributed by atoms with Gasteiger partial charge in [0, 0.05) is 18.9 Å². The van der Waals surface area contributed by atoms with Crippen molar-refractivity contribution in [3.63, 3.8) is 0 Å². The maximum absolute atomic E-state index is 13.7. The third-order valence-electron chi connectivity index (χ3n) is 2.71. The zero-order chi connectivity index (χ0) is 15.5. The Bertz CT molecular complexity index is 717. The molecule has 0 aliphatic heterocycles. The first-order valence-corrected chi connectivity index (χ1v) is 7.53. The van der Waals surface area contributed by atoms with Gasteiger partial charge >= 0.3 is 0 Å². The molecule has 1 heterocycles. The Hall–Kier alpha value is -1.84. The number of sulfonamides is 1. The quantitative estimate of drug-likeness (QED) is 0.738. The van der Waals surface area contributed by atoms with Crippen LogP contribution in [0.3, 0.4) is 0 Å². The number of H-pyrrole nitrogens is 1. The molecule has 9 heteroatoms. The van der Waals surface area contributed by atoms with Crippen molar-refractivity contribution >= 4 is 10.0 Å². The van der Waals surface area contributed by atoms with E-state index in [2.05, 4.69) is 20.0 Å². The van der Waals surface area contributed by atoms with Gasteiger partial charge in [0.2, 0.25) is 10.0 Å². The highest BCUT2D eigenvalue weighted by Gasteiger charge is 2.23. The molecule has 6 nitrogen and oxygen atoms in total. The van der Waals surface area contributed by atoms with Gasteiger partial charge in [-0.15, -0.1) is 0 Å². The van der Waals surface area contributed by atoms with Crippen LogP contribution in [0, 0.1) is 11.6 Å². The Morgan fingerprint density at radius 2 is 2.05 bits per heavy atom. The minimum atomic E-state index is -4.18. The van der Waals surface area contributed by atoms with E-state index in [9.17, 15) is 17.2 Å². The molecule has 0 atom stereocenters. The minimum Gasteiger partial charge on any atom is -0.347 e. The van der Waals surface area contributed by atoms with Crippen LogP contribution in [0.4, 0.5) is 8.78 Å². The summed E-state index contributed by atoms with van der Waals surface area (Å²) in [6.45, 7) is 0.0740. The van der Waals surface area contributed by atoms with Gasteiger partial charge in [-0.3, -0.25) is 0 Å². The molecule has 1 aromatic heterocycles. The highest BCUT2D eigenvalue weighted by Crippen LogP contribution is 2.20. The zero-order valence-corrected chi connectivity index (χ0v) is 12.0. The molecule has 2 rings (SSSR count). The van der Waals surface area contributed by atoms with Gasteiger partial charge in [-0.1, -0.05) is 0 Å². The summed E-state index contributed by atoms with van der Waals surface area (Å²) < 4.78 is 53.6. The highest BCUT2D eigenvalue weighted by molar-refractivity contribution is 7.89. The number of rotatable bonds is 6. The summed E-state index contributed by atoms with van der Waals surface area (Å²) in [5, 5.41) is 2.74. The minimum absolute atomic E-state index is 0.146. The maximum Gasteiger partial charge on any atom is 0.244 e. The first-order chi connectivity index (χ1) is 9.94. The number of aromatic amines is 1. The van der Waals surface area contributed by atoms with Crippen LogP contribution in [0.5, 0.6) is 0 Å². The fourth-order valence-electron chi connectivity index (χ4n) is 1.75. The third kappa shape index (κ3) is 3.63. The van der Waals surface area contributed by atoms with Crippen molar-refractivity contribution in [2.24, 2.45) is 0 Å². The number of nitrogens with zero attached hydrogens (tertiary/aromatic N) is 1. The van der Waals surface area contributed by atoms with E-state index in [0.29, 0.717) is 11.4 Å². The number of halogens is 2. The lowest BCUT2D eigenvalue weighted by molar-refractivity contribution is 0.480. The molecule has 0 fully saturated rings. The fourth-order valence-corrected chi connectivity index (χ4v) is 2.88. The van der Waals surface area contributed by atoms with Gasteiger partial charge in [-0.05, 0) is 24.7 Å². The van der Waals surface area contributed by atoms with Crippen molar-refractivity contribution in [3.05, 3.63) is 47.5 Å². The van der Waals surface area contributed by atoms with Crippen LogP contribution >= 0.6 is 0 Å². The first-order valence-electron chi connectivity index (χ1n) is 6.04. The van der Waals surface area contributed by atoms with Crippen LogP contribution in [0.1, 0.15) is 11.4 Å². The van der Waals surface area contributed by atoms with Crippen molar-refractivity contribution in [1.82, 2.24) is 20.0 Å². The molecular weight excluding hydrogens is 302 g/mol. The summed E-state index contributed by atoms with van der Waals surface area (Å²) >= 11 is 0. The monoisotopic (exact) mass is 316 g/mol. The van der Waals surface area contributed by atoms with Crippen LogP contribution in [0.15, 0.2) is 29.4 Å². The summed E-state index contributed by atoms with van der Waals surface area (Å²) in [6, 6.07) is 2.05. The number of imidazole rings is 1. The Morgan fingerprint density at radius 1 is 1.29 bits per heavy atom. The summed E-state index contributed by atoms with van der Waals surface area (Å²) in [5.41, 5.74) is 0.328. The third-order valence-corrected chi connectivity index (χ3v) is 4.11. The molecule has 0 saturated heterocycles. The van der Waals surface area contributed by atoms with Crippen molar-refractivity contribution in [2.75, 3.05) is 7.05 Å². The number of aromatic nitrogens is 2. The van der Waals surface area contributed by atoms with Crippen LogP contribution < -0.4 is 10.0 Å². The van der Waals surface area contributed by atoms with E-state index in [1.54, 1.807) is 7.05 Å². The summed E-state index contributed by atoms with van der Waals surface area (Å²) in [4.78, 5) is 5.82. The van der Waals surface area contributed by atoms with E-state index in [4.69, 9.17) is 0 Å². The van der Waals surface area contributed by atoms with Gasteiger partial charge in [0.1, 0.15) is 10.7 Å². The number of nitrogens with one attached hydrogen (secondary N) is 3. The van der Waals surface area contributed by atoms with Gasteiger partial charge in [-0.25, -0.2) is 26.9 Å². The van der Waals surface area contributed by atoms with E-state index in [-0.39, 0.29) is 13.1 Å². The second-order valence-corrected chi connectivity index (χ2v) is 6.02. The molecule has 0 saturated carbocycles. The molecule has 3 N–H and O–H groups in total. The normalized spacial score (nSPS) is 11.8. The van der Waals surface area contributed by atoms with E-state index < -0.39 is 26.6 Å². The Kier molecular flexibility index (Phi) is 4.66. The Balaban J connectivity index is 2.30. The Labute approximate surface area is 120 Å². The van der Waals surface area contributed by atoms with Crippen LogP contribution in [0.2, 0.25) is 0 Å². The molecule has 0 spiro atoms. The van der Waals surface area contributed by atoms with Gasteiger partial charge in [0.05, 0.1) is 6.54 Å². The highest BCUT2D eigenvalue weighted by atomic mass is 32.2. The zero-order valence-electron chi connectivity index (χ0n) is 11.2. The van der Waals surface area contributed by atoms with Crippen LogP contribution in [0.25, 0.3) is 0 Å². The van der Waals surface area contributed by atoms with E-state index >= 15 is 0 Å². The average Bonchev–Trinajstić information content (AvgIpc) is 2.94. The van der Waals surface area contributed by atoms with Crippen molar-refractivity contribution in [3.8, 4) is 0 Å². The van der Waals surface area contributed by atoms with Crippen molar-refractivity contribution in [2.45, 2.75) is 18.0 Å². The first kappa shape index (κ1) is 15.5. The molecule has 0 bridgehead atoms. The second kappa shape index (κ2) is 6.29. The van der Waals surface area contributed by atoms with Crippen molar-refractivity contribution < 1.29 is 17.2 Å². The van der Waals surface area contributed by atoms with Gasteiger partial charge in [-0.2, -0.15) is 0 Å². The molecule has 0 unspecified atom stereocenters. The standard InChI is InChI=1S/C12H14F2N4O2S/c1-15-6-8-4-9(13)12(14)10(5-8)21(19,20)18-7-11-16-2-3-17-11/h2-5,15,18H,6-7H2,1H3,(H,16,17). The lowest BCUT2D eigenvalue weighted by Crippen LogP contribution is -2.25. The molecule has 1 aromatic carbocycles. The molecule has 0 radical (unpaired) electrons. The predicted octanol–water partition coefficient (Wildman–Crippen LogP) is 0.886. The summed E-state index contributed by atoms with van der Waals surface area (Å²) in [7, 11) is -2.57. The van der Waals surface area contributed by atoms with Crippen molar-refractivity contribution in [1.29, 1.82) is 0 Å². The molecule has 0 aliphatic carbocycles. The van der Waals surface area contributed by atoms with Crippen LogP contribution in [-0.4, -0.2) is 25.4 Å². The average molecular weight is 316 g/mol. The van der Waals surface area contributed by atoms with Crippen LogP contribution in [-0.2, 0) is 23.1 Å². The lowest BCUT2D eigenvalue weighted by Gasteiger charge is -2.09. The number of hydrogen-bond acceptors (Lipinski definition) is 4. The molecular formula is C12H14F2N4O2S. The molecule has 21 heavy (non-hydrogen) atoms. The lowest BCUT2D eigenvalue weighted by atomic mass is 10.2. The molecule has 114 valence electrons. The summed E-state index contributed by atoms with van der Waals surface area (Å²) in [5.74, 6) is -2.24. The molecule has 2 aromatic rings. The largest absolute Gasteiger partial charge is 0.347 e.